The van der Waals surface area contributed by atoms with Crippen LogP contribution in [0.2, 0.25) is 5.02 Å². The number of amides is 1. The number of hydrogen-bond donors (Lipinski definition) is 3. The molecule has 1 spiro atoms. The Labute approximate surface area is 244 Å². The summed E-state index contributed by atoms with van der Waals surface area (Å²) in [7, 11) is 1.74. The first kappa shape index (κ1) is 26.7. The van der Waals surface area contributed by atoms with Crippen LogP contribution < -0.4 is 20.4 Å². The van der Waals surface area contributed by atoms with Crippen molar-refractivity contribution in [3.05, 3.63) is 95.0 Å². The highest BCUT2D eigenvalue weighted by molar-refractivity contribution is 7.80. The van der Waals surface area contributed by atoms with Crippen LogP contribution in [0.4, 0.5) is 11.4 Å². The maximum atomic E-state index is 13.6. The quantitative estimate of drug-likeness (QED) is 0.413. The van der Waals surface area contributed by atoms with Gasteiger partial charge in [0.2, 0.25) is 6.17 Å². The summed E-state index contributed by atoms with van der Waals surface area (Å²) >= 11 is 12.2. The summed E-state index contributed by atoms with van der Waals surface area (Å²) < 4.78 is 0. The van der Waals surface area contributed by atoms with E-state index in [9.17, 15) is 9.90 Å². The predicted octanol–water partition coefficient (Wildman–Crippen LogP) is 3.57. The summed E-state index contributed by atoms with van der Waals surface area (Å²) in [5, 5.41) is 18.5. The molecule has 10 heteroatoms. The van der Waals surface area contributed by atoms with Gasteiger partial charge < -0.3 is 25.1 Å². The molecule has 3 aliphatic rings. The van der Waals surface area contributed by atoms with E-state index in [-0.39, 0.29) is 5.91 Å². The molecule has 0 aromatic heterocycles. The lowest BCUT2D eigenvalue weighted by Gasteiger charge is -2.47. The largest absolute Gasteiger partial charge is 0.376 e. The Bertz CT molecular complexity index is 1450. The first-order chi connectivity index (χ1) is 19.4. The number of fused-ring (bicyclic) bond motifs is 1. The summed E-state index contributed by atoms with van der Waals surface area (Å²) in [6.07, 6.45) is -0.135. The molecule has 2 atom stereocenters. The number of anilines is 2. The van der Waals surface area contributed by atoms with Gasteiger partial charge in [0.25, 0.3) is 5.91 Å². The third-order valence-electron chi connectivity index (χ3n) is 8.18. The smallest absolute Gasteiger partial charge is 0.272 e. The highest BCUT2D eigenvalue weighted by Gasteiger charge is 2.50. The van der Waals surface area contributed by atoms with Crippen LogP contribution in [0.1, 0.15) is 24.0 Å². The van der Waals surface area contributed by atoms with E-state index >= 15 is 0 Å². The molecule has 3 aromatic carbocycles. The van der Waals surface area contributed by atoms with Crippen molar-refractivity contribution < 1.29 is 9.90 Å². The minimum absolute atomic E-state index is 0.212. The predicted molar refractivity (Wildman–Crippen MR) is 163 cm³/mol. The molecule has 2 saturated heterocycles. The third kappa shape index (κ3) is 4.73. The van der Waals surface area contributed by atoms with Crippen LogP contribution in [0, 0.1) is 0 Å². The zero-order valence-corrected chi connectivity index (χ0v) is 23.7. The highest BCUT2D eigenvalue weighted by Crippen LogP contribution is 2.38. The van der Waals surface area contributed by atoms with Gasteiger partial charge in [-0.2, -0.15) is 0 Å². The van der Waals surface area contributed by atoms with Crippen molar-refractivity contribution in [2.24, 2.45) is 4.99 Å². The molecule has 3 aromatic rings. The number of para-hydroxylation sites is 1. The van der Waals surface area contributed by atoms with Crippen molar-refractivity contribution >= 4 is 51.9 Å². The summed E-state index contributed by atoms with van der Waals surface area (Å²) in [5.41, 5.74) is 3.73. The van der Waals surface area contributed by atoms with E-state index in [4.69, 9.17) is 28.8 Å². The molecule has 0 radical (unpaired) electrons. The average Bonchev–Trinajstić information content (AvgIpc) is 3.25. The molecule has 40 heavy (non-hydrogen) atoms. The lowest BCUT2D eigenvalue weighted by Crippen LogP contribution is -2.60. The van der Waals surface area contributed by atoms with Gasteiger partial charge in [-0.05, 0) is 55.4 Å². The fourth-order valence-electron chi connectivity index (χ4n) is 5.94. The summed E-state index contributed by atoms with van der Waals surface area (Å²) in [5.74, 6) is -0.212. The standard InChI is InChI=1S/C30H31ClN6O2S/c1-35-24-13-12-21(31)18-23(24)25(20-8-4-2-5-9-20)33-26(27(35)38)34-29(40)36-16-14-30(15-17-36)28(39)32-19-37(30)22-10-6-3-7-11-22/h2-13,18,26,28,32,39H,14-17,19H2,1H3,(H,34,40). The first-order valence-corrected chi connectivity index (χ1v) is 14.2. The molecule has 6 rings (SSSR count). The van der Waals surface area contributed by atoms with Gasteiger partial charge in [0.1, 0.15) is 6.23 Å². The number of benzene rings is 3. The molecule has 0 aliphatic carbocycles. The van der Waals surface area contributed by atoms with Gasteiger partial charge >= 0.3 is 0 Å². The number of carbonyl (C=O) groups excluding carboxylic acids is 1. The van der Waals surface area contributed by atoms with Gasteiger partial charge in [-0.25, -0.2) is 4.99 Å². The summed E-state index contributed by atoms with van der Waals surface area (Å²) in [4.78, 5) is 24.5. The second-order valence-electron chi connectivity index (χ2n) is 10.4. The second-order valence-corrected chi connectivity index (χ2v) is 11.2. The zero-order valence-electron chi connectivity index (χ0n) is 22.1. The van der Waals surface area contributed by atoms with Crippen molar-refractivity contribution in [3.8, 4) is 0 Å². The number of nitrogens with one attached hydrogen (secondary N) is 2. The Morgan fingerprint density at radius 2 is 1.75 bits per heavy atom. The van der Waals surface area contributed by atoms with E-state index in [2.05, 4.69) is 32.6 Å². The van der Waals surface area contributed by atoms with Crippen LogP contribution in [-0.4, -0.2) is 71.5 Å². The number of carbonyl (C=O) groups is 1. The summed E-state index contributed by atoms with van der Waals surface area (Å²) in [6, 6.07) is 25.4. The average molecular weight is 575 g/mol. The molecule has 1 amide bonds. The minimum atomic E-state index is -0.908. The van der Waals surface area contributed by atoms with Crippen molar-refractivity contribution in [1.82, 2.24) is 15.5 Å². The van der Waals surface area contributed by atoms with Crippen LogP contribution >= 0.6 is 23.8 Å². The van der Waals surface area contributed by atoms with Crippen LogP contribution in [-0.2, 0) is 4.79 Å². The number of likely N-dealkylation sites (tertiary alicyclic amines) is 1. The number of benzodiazepines with no additional fused rings is 1. The number of halogens is 1. The van der Waals surface area contributed by atoms with Crippen LogP contribution in [0.3, 0.4) is 0 Å². The molecule has 0 saturated carbocycles. The fourth-order valence-corrected chi connectivity index (χ4v) is 6.41. The Morgan fingerprint density at radius 3 is 2.45 bits per heavy atom. The Kier molecular flexibility index (Phi) is 7.22. The minimum Gasteiger partial charge on any atom is -0.376 e. The number of likely N-dealkylation sites (N-methyl/N-ethyl adjacent to an activating group) is 1. The number of nitrogens with zero attached hydrogens (tertiary/aromatic N) is 4. The van der Waals surface area contributed by atoms with E-state index in [0.29, 0.717) is 48.4 Å². The second kappa shape index (κ2) is 10.8. The lowest BCUT2D eigenvalue weighted by molar-refractivity contribution is -0.119. The topological polar surface area (TPSA) is 83.4 Å². The molecule has 8 nitrogen and oxygen atoms in total. The van der Waals surface area contributed by atoms with E-state index in [1.54, 1.807) is 18.0 Å². The van der Waals surface area contributed by atoms with Gasteiger partial charge in [-0.3, -0.25) is 10.1 Å². The van der Waals surface area contributed by atoms with Crippen LogP contribution in [0.5, 0.6) is 0 Å². The third-order valence-corrected chi connectivity index (χ3v) is 8.79. The Hall–Kier alpha value is -3.50. The number of piperidine rings is 1. The zero-order chi connectivity index (χ0) is 27.9. The fraction of sp³-hybridized carbons (Fsp3) is 0.300. The molecule has 3 aliphatic heterocycles. The number of aliphatic hydroxyl groups is 1. The van der Waals surface area contributed by atoms with E-state index in [1.165, 1.54) is 0 Å². The van der Waals surface area contributed by atoms with E-state index < -0.39 is 17.9 Å². The number of thiocarbonyl (C=S) groups is 1. The molecule has 206 valence electrons. The van der Waals surface area contributed by atoms with Crippen LogP contribution in [0.15, 0.2) is 83.9 Å². The van der Waals surface area contributed by atoms with Gasteiger partial charge in [0.05, 0.1) is 23.6 Å². The van der Waals surface area contributed by atoms with Crippen molar-refractivity contribution in [2.75, 3.05) is 36.6 Å². The van der Waals surface area contributed by atoms with E-state index in [0.717, 1.165) is 22.5 Å². The molecule has 3 N–H and O–H groups in total. The number of aliphatic imine (C=N–C) groups is 1. The number of aliphatic hydroxyl groups excluding tert-OH is 1. The monoisotopic (exact) mass is 574 g/mol. The maximum Gasteiger partial charge on any atom is 0.272 e. The molecule has 3 heterocycles. The van der Waals surface area contributed by atoms with Gasteiger partial charge in [-0.15, -0.1) is 0 Å². The summed E-state index contributed by atoms with van der Waals surface area (Å²) in [6.45, 7) is 1.85. The van der Waals surface area contributed by atoms with Gasteiger partial charge in [0, 0.05) is 42.0 Å². The van der Waals surface area contributed by atoms with Gasteiger partial charge in [-0.1, -0.05) is 60.1 Å². The van der Waals surface area contributed by atoms with Crippen molar-refractivity contribution in [2.45, 2.75) is 30.8 Å². The molecule has 2 unspecified atom stereocenters. The Balaban J connectivity index is 1.24. The molecular weight excluding hydrogens is 544 g/mol. The number of rotatable bonds is 3. The lowest BCUT2D eigenvalue weighted by atomic mass is 9.85. The van der Waals surface area contributed by atoms with Crippen LogP contribution in [0.25, 0.3) is 0 Å². The molecule has 2 fully saturated rings. The Morgan fingerprint density at radius 1 is 1.07 bits per heavy atom. The van der Waals surface area contributed by atoms with E-state index in [1.807, 2.05) is 60.7 Å². The van der Waals surface area contributed by atoms with Crippen molar-refractivity contribution in [3.63, 3.8) is 0 Å². The molecule has 0 bridgehead atoms. The number of hydrogen-bond acceptors (Lipinski definition) is 6. The normalized spacial score (nSPS) is 22.1. The maximum absolute atomic E-state index is 13.6. The highest BCUT2D eigenvalue weighted by atomic mass is 35.5. The van der Waals surface area contributed by atoms with Gasteiger partial charge in [0.15, 0.2) is 5.11 Å². The SMILES string of the molecule is CN1C(=O)C(NC(=S)N2CCC3(CC2)C(O)NCN3c2ccccc2)N=C(c2ccccc2)c2cc(Cl)ccc21. The van der Waals surface area contributed by atoms with Crippen molar-refractivity contribution in [1.29, 1.82) is 0 Å². The first-order valence-electron chi connectivity index (χ1n) is 13.4. The molecular formula is C30H31ClN6O2S.